The maximum atomic E-state index is 13.3. The van der Waals surface area contributed by atoms with Crippen molar-refractivity contribution in [3.05, 3.63) is 69.6 Å². The fourth-order valence-electron chi connectivity index (χ4n) is 2.85. The highest BCUT2D eigenvalue weighted by Gasteiger charge is 2.25. The molecule has 0 aliphatic heterocycles. The molecule has 130 valence electrons. The predicted octanol–water partition coefficient (Wildman–Crippen LogP) is 5.00. The van der Waals surface area contributed by atoms with Crippen LogP contribution >= 0.6 is 23.2 Å². The largest absolute Gasteiger partial charge is 0.331 e. The molecule has 0 radical (unpaired) electrons. The average molecular weight is 376 g/mol. The fraction of sp³-hybridized carbons (Fsp3) is 0.263. The minimum Gasteiger partial charge on any atom is -0.331 e. The summed E-state index contributed by atoms with van der Waals surface area (Å²) in [6.45, 7) is 6.34. The molecule has 1 aromatic carbocycles. The van der Waals surface area contributed by atoms with Crippen molar-refractivity contribution < 1.29 is 4.79 Å². The molecule has 0 fully saturated rings. The number of aryl methyl sites for hydroxylation is 1. The van der Waals surface area contributed by atoms with Crippen LogP contribution in [0.25, 0.3) is 5.65 Å². The van der Waals surface area contributed by atoms with Crippen LogP contribution in [0.5, 0.6) is 0 Å². The van der Waals surface area contributed by atoms with E-state index in [1.165, 1.54) is 0 Å². The number of pyridine rings is 1. The van der Waals surface area contributed by atoms with E-state index in [0.29, 0.717) is 33.6 Å². The minimum absolute atomic E-state index is 0.0345. The van der Waals surface area contributed by atoms with Gasteiger partial charge in [0.15, 0.2) is 5.65 Å². The van der Waals surface area contributed by atoms with Gasteiger partial charge in [-0.15, -0.1) is 0 Å². The van der Waals surface area contributed by atoms with Crippen molar-refractivity contribution in [3.8, 4) is 0 Å². The number of hydrogen-bond donors (Lipinski definition) is 0. The average Bonchev–Trinajstić information content (AvgIpc) is 2.89. The molecule has 4 nitrogen and oxygen atoms in total. The van der Waals surface area contributed by atoms with Gasteiger partial charge in [-0.3, -0.25) is 9.20 Å². The van der Waals surface area contributed by atoms with Gasteiger partial charge in [0.2, 0.25) is 0 Å². The molecule has 0 unspecified atom stereocenters. The van der Waals surface area contributed by atoms with Gasteiger partial charge in [-0.1, -0.05) is 53.5 Å². The summed E-state index contributed by atoms with van der Waals surface area (Å²) in [5, 5.41) is 0.886. The summed E-state index contributed by atoms with van der Waals surface area (Å²) in [5.41, 5.74) is 2.74. The summed E-state index contributed by atoms with van der Waals surface area (Å²) in [6, 6.07) is 11.6. The zero-order valence-electron chi connectivity index (χ0n) is 14.3. The molecule has 0 saturated heterocycles. The third-order valence-corrected chi connectivity index (χ3v) is 4.58. The van der Waals surface area contributed by atoms with Gasteiger partial charge in [0, 0.05) is 18.8 Å². The Morgan fingerprint density at radius 1 is 1.24 bits per heavy atom. The smallest absolute Gasteiger partial charge is 0.273 e. The van der Waals surface area contributed by atoms with E-state index in [9.17, 15) is 4.79 Å². The molecule has 25 heavy (non-hydrogen) atoms. The number of rotatable bonds is 4. The quantitative estimate of drug-likeness (QED) is 0.643. The van der Waals surface area contributed by atoms with E-state index >= 15 is 0 Å². The van der Waals surface area contributed by atoms with Crippen LogP contribution < -0.4 is 0 Å². The number of aromatic nitrogens is 2. The number of halogens is 2. The van der Waals surface area contributed by atoms with E-state index in [1.807, 2.05) is 56.0 Å². The van der Waals surface area contributed by atoms with E-state index in [2.05, 4.69) is 4.98 Å². The molecule has 0 N–H and O–H groups in total. The van der Waals surface area contributed by atoms with E-state index < -0.39 is 0 Å². The van der Waals surface area contributed by atoms with E-state index in [0.717, 1.165) is 5.56 Å². The van der Waals surface area contributed by atoms with Gasteiger partial charge >= 0.3 is 0 Å². The maximum absolute atomic E-state index is 13.3. The monoisotopic (exact) mass is 375 g/mol. The van der Waals surface area contributed by atoms with E-state index in [1.54, 1.807) is 16.7 Å². The summed E-state index contributed by atoms with van der Waals surface area (Å²) < 4.78 is 1.68. The summed E-state index contributed by atoms with van der Waals surface area (Å²) >= 11 is 12.4. The van der Waals surface area contributed by atoms with Crippen LogP contribution in [-0.4, -0.2) is 26.2 Å². The van der Waals surface area contributed by atoms with Gasteiger partial charge in [-0.05, 0) is 32.4 Å². The normalized spacial score (nSPS) is 11.3. The molecule has 3 rings (SSSR count). The Bertz CT molecular complexity index is 919. The van der Waals surface area contributed by atoms with Crippen LogP contribution in [-0.2, 0) is 6.54 Å². The van der Waals surface area contributed by atoms with Gasteiger partial charge < -0.3 is 4.90 Å². The number of carbonyl (C=O) groups excluding carboxylic acids is 1. The van der Waals surface area contributed by atoms with Crippen molar-refractivity contribution in [3.63, 3.8) is 0 Å². The topological polar surface area (TPSA) is 37.6 Å². The van der Waals surface area contributed by atoms with Crippen LogP contribution in [0, 0.1) is 6.92 Å². The maximum Gasteiger partial charge on any atom is 0.273 e. The molecule has 0 bridgehead atoms. The lowest BCUT2D eigenvalue weighted by Gasteiger charge is -2.27. The molecule has 6 heteroatoms. The van der Waals surface area contributed by atoms with E-state index in [-0.39, 0.29) is 11.9 Å². The minimum atomic E-state index is -0.0952. The van der Waals surface area contributed by atoms with Crippen LogP contribution in [0.4, 0.5) is 0 Å². The number of imidazole rings is 1. The molecular formula is C19H19Cl2N3O. The number of amides is 1. The Kier molecular flexibility index (Phi) is 5.02. The zero-order chi connectivity index (χ0) is 18.1. The van der Waals surface area contributed by atoms with Crippen LogP contribution in [0.2, 0.25) is 10.0 Å². The van der Waals surface area contributed by atoms with Crippen LogP contribution in [0.3, 0.4) is 0 Å². The van der Waals surface area contributed by atoms with Crippen molar-refractivity contribution in [2.75, 3.05) is 0 Å². The Hall–Kier alpha value is -2.04. The summed E-state index contributed by atoms with van der Waals surface area (Å²) in [4.78, 5) is 19.6. The summed E-state index contributed by atoms with van der Waals surface area (Å²) in [7, 11) is 0. The van der Waals surface area contributed by atoms with Gasteiger partial charge in [-0.25, -0.2) is 4.98 Å². The van der Waals surface area contributed by atoms with Crippen molar-refractivity contribution in [1.82, 2.24) is 14.3 Å². The van der Waals surface area contributed by atoms with Crippen molar-refractivity contribution >= 4 is 34.8 Å². The Balaban J connectivity index is 2.06. The molecule has 0 saturated carbocycles. The molecular weight excluding hydrogens is 357 g/mol. The molecule has 2 heterocycles. The molecule has 0 atom stereocenters. The first-order valence-corrected chi connectivity index (χ1v) is 8.82. The number of carbonyl (C=O) groups is 1. The molecule has 0 aliphatic rings. The second kappa shape index (κ2) is 7.06. The van der Waals surface area contributed by atoms with Gasteiger partial charge in [0.05, 0.1) is 15.7 Å². The number of hydrogen-bond acceptors (Lipinski definition) is 2. The lowest BCUT2D eigenvalue weighted by molar-refractivity contribution is 0.0682. The lowest BCUT2D eigenvalue weighted by Crippen LogP contribution is -2.37. The Morgan fingerprint density at radius 3 is 2.56 bits per heavy atom. The third-order valence-electron chi connectivity index (χ3n) is 4.10. The molecule has 3 aromatic rings. The first kappa shape index (κ1) is 17.8. The number of benzene rings is 1. The van der Waals surface area contributed by atoms with Crippen LogP contribution in [0.15, 0.2) is 42.6 Å². The second-order valence-electron chi connectivity index (χ2n) is 6.26. The summed E-state index contributed by atoms with van der Waals surface area (Å²) in [6.07, 6.45) is 1.68. The standard InChI is InChI=1S/C19H19Cl2N3O/c1-12(2)23(10-14-7-5-4-6-8-14)19(25)17-13(3)22-18-16(21)9-15(20)11-24(17)18/h4-9,11-12H,10H2,1-3H3. The molecule has 2 aromatic heterocycles. The predicted molar refractivity (Wildman–Crippen MR) is 101 cm³/mol. The van der Waals surface area contributed by atoms with Crippen molar-refractivity contribution in [2.24, 2.45) is 0 Å². The van der Waals surface area contributed by atoms with Crippen molar-refractivity contribution in [2.45, 2.75) is 33.4 Å². The second-order valence-corrected chi connectivity index (χ2v) is 7.10. The SMILES string of the molecule is Cc1nc2c(Cl)cc(Cl)cn2c1C(=O)N(Cc1ccccc1)C(C)C. The van der Waals surface area contributed by atoms with Gasteiger partial charge in [-0.2, -0.15) is 0 Å². The zero-order valence-corrected chi connectivity index (χ0v) is 15.8. The van der Waals surface area contributed by atoms with Gasteiger partial charge in [0.1, 0.15) is 5.69 Å². The Morgan fingerprint density at radius 2 is 1.92 bits per heavy atom. The number of nitrogens with zero attached hydrogens (tertiary/aromatic N) is 3. The first-order valence-electron chi connectivity index (χ1n) is 8.07. The lowest BCUT2D eigenvalue weighted by atomic mass is 10.1. The number of fused-ring (bicyclic) bond motifs is 1. The van der Waals surface area contributed by atoms with Crippen LogP contribution in [0.1, 0.15) is 35.6 Å². The first-order chi connectivity index (χ1) is 11.9. The molecule has 0 aliphatic carbocycles. The van der Waals surface area contributed by atoms with E-state index in [4.69, 9.17) is 23.2 Å². The van der Waals surface area contributed by atoms with Gasteiger partial charge in [0.25, 0.3) is 5.91 Å². The highest BCUT2D eigenvalue weighted by molar-refractivity contribution is 6.36. The Labute approximate surface area is 157 Å². The van der Waals surface area contributed by atoms with Crippen molar-refractivity contribution in [1.29, 1.82) is 0 Å². The summed E-state index contributed by atoms with van der Waals surface area (Å²) in [5.74, 6) is -0.0952. The highest BCUT2D eigenvalue weighted by atomic mass is 35.5. The molecule has 0 spiro atoms. The fourth-order valence-corrected chi connectivity index (χ4v) is 3.36. The highest BCUT2D eigenvalue weighted by Crippen LogP contribution is 2.25. The molecule has 1 amide bonds. The third kappa shape index (κ3) is 3.51.